The van der Waals surface area contributed by atoms with Gasteiger partial charge in [-0.25, -0.2) is 14.8 Å². The molecule has 2 fully saturated rings. The maximum Gasteiger partial charge on any atom is 0.232 e. The Kier molecular flexibility index (Phi) is 17.4. The summed E-state index contributed by atoms with van der Waals surface area (Å²) in [6.45, 7) is 38.6. The van der Waals surface area contributed by atoms with E-state index in [-0.39, 0.29) is 40.5 Å². The molecule has 10 heteroatoms. The first-order valence-corrected chi connectivity index (χ1v) is 20.3. The van der Waals surface area contributed by atoms with Crippen molar-refractivity contribution in [3.05, 3.63) is 53.4 Å². The van der Waals surface area contributed by atoms with Gasteiger partial charge in [0.05, 0.1) is 74.4 Å². The summed E-state index contributed by atoms with van der Waals surface area (Å²) in [4.78, 5) is 12.3. The Bertz CT molecular complexity index is 1700. The van der Waals surface area contributed by atoms with E-state index in [1.54, 1.807) is 18.5 Å². The fourth-order valence-corrected chi connectivity index (χ4v) is 5.54. The molecule has 0 amide bonds. The van der Waals surface area contributed by atoms with Crippen LogP contribution in [0.15, 0.2) is 30.6 Å². The van der Waals surface area contributed by atoms with Crippen LogP contribution in [0.25, 0.3) is 4.85 Å². The minimum Gasteiger partial charge on any atom is -0.500 e. The van der Waals surface area contributed by atoms with Gasteiger partial charge in [-0.1, -0.05) is 32.6 Å². The Morgan fingerprint density at radius 1 is 0.667 bits per heavy atom. The molecule has 0 bridgehead atoms. The highest BCUT2D eigenvalue weighted by Gasteiger charge is 2.36. The smallest absolute Gasteiger partial charge is 0.232 e. The van der Waals surface area contributed by atoms with Crippen molar-refractivity contribution < 1.29 is 33.2 Å². The van der Waals surface area contributed by atoms with Crippen LogP contribution in [0.1, 0.15) is 140 Å². The SMILES string of the molecule is CC(C)(C)COCCC#Cc1ccc(OC2CC(OC(C)(C)C)C2)cn1.[C-]#[N+]c1cc(C#CC(C)(C)OCCOC(C)(C)C)ncc1OC1CC(OC(C)(C)C)C1. The lowest BCUT2D eigenvalue weighted by molar-refractivity contribution is -0.127. The molecule has 314 valence electrons. The van der Waals surface area contributed by atoms with Gasteiger partial charge in [0.1, 0.15) is 40.7 Å². The van der Waals surface area contributed by atoms with Gasteiger partial charge in [0.25, 0.3) is 0 Å². The molecule has 0 radical (unpaired) electrons. The average Bonchev–Trinajstić information content (AvgIpc) is 3.05. The van der Waals surface area contributed by atoms with E-state index in [4.69, 9.17) is 39.7 Å². The van der Waals surface area contributed by atoms with Crippen molar-refractivity contribution in [2.75, 3.05) is 26.4 Å². The third kappa shape index (κ3) is 20.5. The van der Waals surface area contributed by atoms with Crippen molar-refractivity contribution in [2.45, 2.75) is 176 Å². The van der Waals surface area contributed by atoms with Crippen molar-refractivity contribution in [1.29, 1.82) is 0 Å². The maximum absolute atomic E-state index is 7.48. The summed E-state index contributed by atoms with van der Waals surface area (Å²) >= 11 is 0. The molecule has 2 saturated carbocycles. The summed E-state index contributed by atoms with van der Waals surface area (Å²) in [5.74, 6) is 13.6. The fourth-order valence-electron chi connectivity index (χ4n) is 5.54. The van der Waals surface area contributed by atoms with E-state index in [1.807, 2.05) is 67.5 Å². The molecule has 57 heavy (non-hydrogen) atoms. The molecule has 0 aromatic carbocycles. The first-order valence-electron chi connectivity index (χ1n) is 20.3. The number of hydrogen-bond donors (Lipinski definition) is 0. The monoisotopic (exact) mass is 788 g/mol. The molecular formula is C47H69N3O7. The zero-order valence-corrected chi connectivity index (χ0v) is 37.3. The van der Waals surface area contributed by atoms with Gasteiger partial charge in [0, 0.05) is 32.1 Å². The summed E-state index contributed by atoms with van der Waals surface area (Å²) < 4.78 is 40.9. The summed E-state index contributed by atoms with van der Waals surface area (Å²) in [6.07, 6.45) is 8.35. The standard InChI is InChI=1S/C25H36N2O4.C22H33NO3/c1-23(2,3)28-12-13-29-25(7,8)11-10-18-14-21(26-9)22(17-27-18)30-19-15-20(16-19)31-24(4,5)6;1-21(2,3)16-24-12-8-7-9-17-10-11-18(15-23-17)25-19-13-20(14-19)26-22(4,5)6/h14,17,19-20H,12-13,15-16H2,1-8H3;10-11,15,19-20H,8,12-14,16H2,1-6H3. The maximum atomic E-state index is 7.48. The second kappa shape index (κ2) is 20.8. The Balaban J connectivity index is 0.000000310. The predicted molar refractivity (Wildman–Crippen MR) is 226 cm³/mol. The number of pyridine rings is 2. The molecule has 0 atom stereocenters. The zero-order valence-electron chi connectivity index (χ0n) is 37.3. The minimum absolute atomic E-state index is 0.0502. The molecule has 0 aliphatic heterocycles. The molecule has 2 aromatic heterocycles. The van der Waals surface area contributed by atoms with Gasteiger partial charge in [-0.05, 0) is 112 Å². The highest BCUT2D eigenvalue weighted by molar-refractivity contribution is 5.59. The second-order valence-corrected chi connectivity index (χ2v) is 19.4. The lowest BCUT2D eigenvalue weighted by Crippen LogP contribution is -2.43. The Labute approximate surface area is 344 Å². The van der Waals surface area contributed by atoms with Crippen LogP contribution in [0.2, 0.25) is 0 Å². The number of aromatic nitrogens is 2. The zero-order chi connectivity index (χ0) is 42.5. The lowest BCUT2D eigenvalue weighted by atomic mass is 9.91. The van der Waals surface area contributed by atoms with Crippen LogP contribution in [0.3, 0.4) is 0 Å². The molecule has 0 saturated heterocycles. The molecule has 4 rings (SSSR count). The number of ether oxygens (including phenoxy) is 7. The van der Waals surface area contributed by atoms with Gasteiger partial charge in [0.2, 0.25) is 5.69 Å². The highest BCUT2D eigenvalue weighted by Crippen LogP contribution is 2.35. The van der Waals surface area contributed by atoms with E-state index >= 15 is 0 Å². The van der Waals surface area contributed by atoms with Gasteiger partial charge < -0.3 is 33.2 Å². The van der Waals surface area contributed by atoms with Crippen LogP contribution in [0, 0.1) is 35.7 Å². The number of nitrogens with zero attached hydrogens (tertiary/aromatic N) is 3. The average molecular weight is 788 g/mol. The normalized spacial score (nSPS) is 19.5. The van der Waals surface area contributed by atoms with Crippen molar-refractivity contribution in [2.24, 2.45) is 5.41 Å². The summed E-state index contributed by atoms with van der Waals surface area (Å²) in [7, 11) is 0. The van der Waals surface area contributed by atoms with E-state index in [2.05, 4.69) is 80.0 Å². The van der Waals surface area contributed by atoms with Crippen molar-refractivity contribution in [1.82, 2.24) is 9.97 Å². The minimum atomic E-state index is -0.648. The molecule has 10 nitrogen and oxygen atoms in total. The van der Waals surface area contributed by atoms with Crippen molar-refractivity contribution in [3.8, 4) is 35.2 Å². The Morgan fingerprint density at radius 2 is 1.25 bits per heavy atom. The Hall–Kier alpha value is -3.69. The van der Waals surface area contributed by atoms with Crippen LogP contribution >= 0.6 is 0 Å². The van der Waals surface area contributed by atoms with Crippen LogP contribution in [-0.2, 0) is 23.7 Å². The first-order chi connectivity index (χ1) is 26.4. The molecule has 0 unspecified atom stereocenters. The van der Waals surface area contributed by atoms with Gasteiger partial charge in [-0.2, -0.15) is 0 Å². The van der Waals surface area contributed by atoms with Crippen molar-refractivity contribution >= 4 is 5.69 Å². The predicted octanol–water partition coefficient (Wildman–Crippen LogP) is 9.93. The van der Waals surface area contributed by atoms with Crippen molar-refractivity contribution in [3.63, 3.8) is 0 Å². The lowest BCUT2D eigenvalue weighted by Gasteiger charge is -2.39. The molecule has 2 aliphatic carbocycles. The van der Waals surface area contributed by atoms with Crippen LogP contribution in [0.4, 0.5) is 5.69 Å². The Morgan fingerprint density at radius 3 is 1.77 bits per heavy atom. The molecular weight excluding hydrogens is 719 g/mol. The summed E-state index contributed by atoms with van der Waals surface area (Å²) in [6, 6.07) is 5.50. The third-order valence-electron chi connectivity index (χ3n) is 8.14. The van der Waals surface area contributed by atoms with Crippen LogP contribution < -0.4 is 9.47 Å². The first kappa shape index (κ1) is 47.7. The second-order valence-electron chi connectivity index (χ2n) is 19.4. The molecule has 2 heterocycles. The summed E-state index contributed by atoms with van der Waals surface area (Å²) in [5.41, 5.74) is 0.805. The largest absolute Gasteiger partial charge is 0.500 e. The highest BCUT2D eigenvalue weighted by atomic mass is 16.5. The van der Waals surface area contributed by atoms with E-state index in [1.165, 1.54) is 0 Å². The summed E-state index contributed by atoms with van der Waals surface area (Å²) in [5, 5.41) is 0. The van der Waals surface area contributed by atoms with Gasteiger partial charge in [0.15, 0.2) is 0 Å². The molecule has 0 N–H and O–H groups in total. The fraction of sp³-hybridized carbons (Fsp3) is 0.681. The molecule has 2 aromatic rings. The quantitative estimate of drug-likeness (QED) is 0.112. The topological polar surface area (TPSA) is 94.8 Å². The number of rotatable bonds is 13. The van der Waals surface area contributed by atoms with Gasteiger partial charge in [-0.15, -0.1) is 0 Å². The van der Waals surface area contributed by atoms with Crippen LogP contribution in [-0.4, -0.2) is 83.2 Å². The van der Waals surface area contributed by atoms with Crippen LogP contribution in [0.5, 0.6) is 11.5 Å². The third-order valence-corrected chi connectivity index (χ3v) is 8.14. The van der Waals surface area contributed by atoms with E-state index in [0.29, 0.717) is 49.5 Å². The molecule has 2 aliphatic rings. The van der Waals surface area contributed by atoms with E-state index < -0.39 is 5.60 Å². The van der Waals surface area contributed by atoms with Gasteiger partial charge >= 0.3 is 0 Å². The number of hydrogen-bond acceptors (Lipinski definition) is 9. The molecule has 0 spiro atoms. The van der Waals surface area contributed by atoms with Gasteiger partial charge in [-0.3, -0.25) is 0 Å². The van der Waals surface area contributed by atoms with E-state index in [0.717, 1.165) is 43.7 Å². The van der Waals surface area contributed by atoms with E-state index in [9.17, 15) is 0 Å².